The standard InChI is InChI=1S/C19H26O2/c1-12-13(2)17(15(11-16(12)20)19(3,4)5)18(21)14-9-7-6-8-10-14/h6-10,12-13,15,17H,11H2,1-5H3/t12-,13+,15-,17+/m1/s1. The lowest BCUT2D eigenvalue weighted by Gasteiger charge is -2.44. The first-order valence-corrected chi connectivity index (χ1v) is 7.85. The van der Waals surface area contributed by atoms with E-state index in [-0.39, 0.29) is 34.9 Å². The smallest absolute Gasteiger partial charge is 0.166 e. The molecule has 0 amide bonds. The van der Waals surface area contributed by atoms with Crippen molar-refractivity contribution in [2.45, 2.75) is 41.0 Å². The summed E-state index contributed by atoms with van der Waals surface area (Å²) in [7, 11) is 0. The first-order chi connectivity index (χ1) is 9.73. The van der Waals surface area contributed by atoms with Gasteiger partial charge >= 0.3 is 0 Å². The fourth-order valence-electron chi connectivity index (χ4n) is 3.56. The lowest BCUT2D eigenvalue weighted by molar-refractivity contribution is -0.131. The second-order valence-electron chi connectivity index (χ2n) is 7.55. The summed E-state index contributed by atoms with van der Waals surface area (Å²) in [5.41, 5.74) is 0.726. The molecule has 2 rings (SSSR count). The molecule has 0 saturated heterocycles. The van der Waals surface area contributed by atoms with Crippen LogP contribution in [0.15, 0.2) is 30.3 Å². The van der Waals surface area contributed by atoms with Gasteiger partial charge in [-0.3, -0.25) is 9.59 Å². The second kappa shape index (κ2) is 5.75. The van der Waals surface area contributed by atoms with E-state index in [0.717, 1.165) is 5.56 Å². The molecule has 21 heavy (non-hydrogen) atoms. The van der Waals surface area contributed by atoms with E-state index in [1.54, 1.807) is 0 Å². The Morgan fingerprint density at radius 2 is 1.67 bits per heavy atom. The van der Waals surface area contributed by atoms with Crippen LogP contribution >= 0.6 is 0 Å². The monoisotopic (exact) mass is 286 g/mol. The average molecular weight is 286 g/mol. The van der Waals surface area contributed by atoms with Gasteiger partial charge in [-0.25, -0.2) is 0 Å². The molecular weight excluding hydrogens is 260 g/mol. The molecule has 1 aromatic rings. The normalized spacial score (nSPS) is 30.2. The molecule has 2 nitrogen and oxygen atoms in total. The number of carbonyl (C=O) groups excluding carboxylic acids is 2. The Bertz CT molecular complexity index is 524. The van der Waals surface area contributed by atoms with Crippen molar-refractivity contribution in [3.05, 3.63) is 35.9 Å². The molecule has 2 heteroatoms. The minimum atomic E-state index is -0.0694. The van der Waals surface area contributed by atoms with Crippen LogP contribution in [-0.4, -0.2) is 11.6 Å². The lowest BCUT2D eigenvalue weighted by Crippen LogP contribution is -2.46. The molecule has 0 spiro atoms. The van der Waals surface area contributed by atoms with Crippen molar-refractivity contribution in [1.82, 2.24) is 0 Å². The van der Waals surface area contributed by atoms with Crippen LogP contribution in [0, 0.1) is 29.1 Å². The minimum absolute atomic E-state index is 0.0266. The van der Waals surface area contributed by atoms with Gasteiger partial charge in [-0.15, -0.1) is 0 Å². The maximum Gasteiger partial charge on any atom is 0.166 e. The summed E-state index contributed by atoms with van der Waals surface area (Å²) in [6.45, 7) is 10.4. The molecule has 0 aromatic heterocycles. The molecule has 1 saturated carbocycles. The first kappa shape index (κ1) is 15.9. The molecule has 0 N–H and O–H groups in total. The quantitative estimate of drug-likeness (QED) is 0.755. The number of Topliss-reactive ketones (excluding diaryl/α,β-unsaturated/α-hetero) is 2. The molecular formula is C19H26O2. The van der Waals surface area contributed by atoms with E-state index in [1.165, 1.54) is 0 Å². The van der Waals surface area contributed by atoms with Crippen molar-refractivity contribution in [2.75, 3.05) is 0 Å². The molecule has 1 fully saturated rings. The summed E-state index contributed by atoms with van der Waals surface area (Å²) < 4.78 is 0. The van der Waals surface area contributed by atoms with Crippen molar-refractivity contribution in [3.8, 4) is 0 Å². The number of hydrogen-bond acceptors (Lipinski definition) is 2. The molecule has 0 unspecified atom stereocenters. The third-order valence-electron chi connectivity index (χ3n) is 5.19. The van der Waals surface area contributed by atoms with Crippen LogP contribution in [0.3, 0.4) is 0 Å². The molecule has 0 aliphatic heterocycles. The van der Waals surface area contributed by atoms with Gasteiger partial charge in [0.15, 0.2) is 5.78 Å². The predicted molar refractivity (Wildman–Crippen MR) is 85.2 cm³/mol. The molecule has 0 heterocycles. The fraction of sp³-hybridized carbons (Fsp3) is 0.579. The summed E-state index contributed by atoms with van der Waals surface area (Å²) in [6.07, 6.45) is 0.526. The predicted octanol–water partition coefficient (Wildman–Crippen LogP) is 4.39. The highest BCUT2D eigenvalue weighted by atomic mass is 16.1. The van der Waals surface area contributed by atoms with Crippen molar-refractivity contribution in [3.63, 3.8) is 0 Å². The molecule has 0 radical (unpaired) electrons. The van der Waals surface area contributed by atoms with Crippen molar-refractivity contribution in [1.29, 1.82) is 0 Å². The van der Waals surface area contributed by atoms with Crippen LogP contribution < -0.4 is 0 Å². The summed E-state index contributed by atoms with van der Waals surface area (Å²) in [4.78, 5) is 25.3. The van der Waals surface area contributed by atoms with Gasteiger partial charge in [-0.2, -0.15) is 0 Å². The van der Waals surface area contributed by atoms with Gasteiger partial charge in [0, 0.05) is 23.8 Å². The zero-order valence-electron chi connectivity index (χ0n) is 13.7. The Morgan fingerprint density at radius 3 is 2.19 bits per heavy atom. The minimum Gasteiger partial charge on any atom is -0.299 e. The number of benzene rings is 1. The number of ketones is 2. The van der Waals surface area contributed by atoms with Crippen LogP contribution in [0.5, 0.6) is 0 Å². The Hall–Kier alpha value is -1.44. The van der Waals surface area contributed by atoms with E-state index in [2.05, 4.69) is 27.7 Å². The summed E-state index contributed by atoms with van der Waals surface area (Å²) in [5.74, 6) is 0.621. The second-order valence-corrected chi connectivity index (χ2v) is 7.55. The van der Waals surface area contributed by atoms with Gasteiger partial charge in [-0.05, 0) is 17.3 Å². The van der Waals surface area contributed by atoms with Crippen molar-refractivity contribution in [2.24, 2.45) is 29.1 Å². The molecule has 1 aliphatic rings. The van der Waals surface area contributed by atoms with Gasteiger partial charge in [0.2, 0.25) is 0 Å². The van der Waals surface area contributed by atoms with Crippen molar-refractivity contribution < 1.29 is 9.59 Å². The summed E-state index contributed by atoms with van der Waals surface area (Å²) >= 11 is 0. The highest BCUT2D eigenvalue weighted by Crippen LogP contribution is 2.46. The zero-order valence-corrected chi connectivity index (χ0v) is 13.7. The zero-order chi connectivity index (χ0) is 15.8. The Kier molecular flexibility index (Phi) is 4.36. The molecule has 1 aromatic carbocycles. The van der Waals surface area contributed by atoms with Gasteiger partial charge < -0.3 is 0 Å². The van der Waals surface area contributed by atoms with E-state index < -0.39 is 0 Å². The van der Waals surface area contributed by atoms with E-state index in [4.69, 9.17) is 0 Å². The third kappa shape index (κ3) is 3.09. The van der Waals surface area contributed by atoms with E-state index in [0.29, 0.717) is 12.2 Å². The first-order valence-electron chi connectivity index (χ1n) is 7.85. The third-order valence-corrected chi connectivity index (χ3v) is 5.19. The van der Waals surface area contributed by atoms with Crippen molar-refractivity contribution >= 4 is 11.6 Å². The summed E-state index contributed by atoms with van der Waals surface area (Å²) in [5, 5.41) is 0. The topological polar surface area (TPSA) is 34.1 Å². The largest absolute Gasteiger partial charge is 0.299 e. The van der Waals surface area contributed by atoms with Crippen LogP contribution in [0.2, 0.25) is 0 Å². The van der Waals surface area contributed by atoms with Crippen LogP contribution in [0.25, 0.3) is 0 Å². The fourth-order valence-corrected chi connectivity index (χ4v) is 3.56. The average Bonchev–Trinajstić information content (AvgIpc) is 2.43. The number of hydrogen-bond donors (Lipinski definition) is 0. The summed E-state index contributed by atoms with van der Waals surface area (Å²) in [6, 6.07) is 9.50. The molecule has 114 valence electrons. The van der Waals surface area contributed by atoms with Gasteiger partial charge in [-0.1, -0.05) is 65.0 Å². The lowest BCUT2D eigenvalue weighted by atomic mass is 9.58. The van der Waals surface area contributed by atoms with E-state index >= 15 is 0 Å². The van der Waals surface area contributed by atoms with E-state index in [9.17, 15) is 9.59 Å². The number of carbonyl (C=O) groups is 2. The Labute approximate surface area is 127 Å². The Balaban J connectivity index is 2.40. The highest BCUT2D eigenvalue weighted by molar-refractivity contribution is 5.99. The van der Waals surface area contributed by atoms with Crippen LogP contribution in [0.4, 0.5) is 0 Å². The molecule has 1 aliphatic carbocycles. The van der Waals surface area contributed by atoms with E-state index in [1.807, 2.05) is 37.3 Å². The van der Waals surface area contributed by atoms with Gasteiger partial charge in [0.05, 0.1) is 0 Å². The van der Waals surface area contributed by atoms with Gasteiger partial charge in [0.25, 0.3) is 0 Å². The maximum absolute atomic E-state index is 13.0. The Morgan fingerprint density at radius 1 is 1.10 bits per heavy atom. The highest BCUT2D eigenvalue weighted by Gasteiger charge is 2.47. The molecule has 0 bridgehead atoms. The van der Waals surface area contributed by atoms with Crippen LogP contribution in [-0.2, 0) is 4.79 Å². The number of rotatable bonds is 2. The SMILES string of the molecule is C[C@@H]1[C@H](C(=O)c2ccccc2)[C@H](C(C)(C)C)CC(=O)[C@@H]1C. The van der Waals surface area contributed by atoms with Gasteiger partial charge in [0.1, 0.15) is 5.78 Å². The molecule has 4 atom stereocenters. The maximum atomic E-state index is 13.0. The van der Waals surface area contributed by atoms with Crippen LogP contribution in [0.1, 0.15) is 51.4 Å².